The summed E-state index contributed by atoms with van der Waals surface area (Å²) in [6.45, 7) is 3.76. The standard InChI is InChI=1S/2C3H7NO2.CH2O3.2Li/c2*1-2-3-4(5)6;2-1(3)4;;/h2*2-3H2,1H3;(H2,2,3,4);;/q;;;2*+1/p-2. The van der Waals surface area contributed by atoms with E-state index in [0.717, 1.165) is 0 Å². The molecule has 18 heavy (non-hydrogen) atoms. The van der Waals surface area contributed by atoms with Gasteiger partial charge in [0.2, 0.25) is 13.1 Å². The monoisotopic (exact) mass is 252 g/mol. The van der Waals surface area contributed by atoms with Gasteiger partial charge in [-0.25, -0.2) is 0 Å². The largest absolute Gasteiger partial charge is 1.00 e. The molecule has 0 bridgehead atoms. The molecule has 0 saturated heterocycles. The summed E-state index contributed by atoms with van der Waals surface area (Å²) in [7, 11) is 0. The van der Waals surface area contributed by atoms with Gasteiger partial charge >= 0.3 is 37.7 Å². The van der Waals surface area contributed by atoms with E-state index in [9.17, 15) is 20.2 Å². The second-order valence-electron chi connectivity index (χ2n) is 2.36. The average Bonchev–Trinajstić information content (AvgIpc) is 2.02. The third-order valence-corrected chi connectivity index (χ3v) is 0.812. The summed E-state index contributed by atoms with van der Waals surface area (Å²) in [5.74, 6) is 0. The van der Waals surface area contributed by atoms with Crippen molar-refractivity contribution in [1.29, 1.82) is 0 Å². The van der Waals surface area contributed by atoms with Crippen molar-refractivity contribution < 1.29 is 62.6 Å². The number of nitro groups is 2. The third-order valence-electron chi connectivity index (χ3n) is 0.812. The molecule has 0 aromatic rings. The summed E-state index contributed by atoms with van der Waals surface area (Å²) in [6.07, 6.45) is -1.07. The topological polar surface area (TPSA) is 149 Å². The van der Waals surface area contributed by atoms with Crippen molar-refractivity contribution in [2.24, 2.45) is 0 Å². The molecule has 0 saturated carbocycles. The number of carbonyl (C=O) groups is 1. The SMILES string of the molecule is CCC[N+](=O)[O-].CCC[N+](=O)[O-].O=C([O-])[O-].[Li+].[Li+]. The Morgan fingerprint density at radius 1 is 0.889 bits per heavy atom. The Balaban J connectivity index is -0.0000000454. The van der Waals surface area contributed by atoms with Gasteiger partial charge in [-0.2, -0.15) is 0 Å². The van der Waals surface area contributed by atoms with Gasteiger partial charge in [0.15, 0.2) is 0 Å². The number of rotatable bonds is 4. The van der Waals surface area contributed by atoms with E-state index in [1.54, 1.807) is 13.8 Å². The molecular weight excluding hydrogens is 238 g/mol. The fourth-order valence-electron chi connectivity index (χ4n) is 0.365. The molecule has 0 N–H and O–H groups in total. The molecule has 0 aliphatic rings. The van der Waals surface area contributed by atoms with Crippen LogP contribution in [0.5, 0.6) is 0 Å². The van der Waals surface area contributed by atoms with Gasteiger partial charge in [0.1, 0.15) is 0 Å². The van der Waals surface area contributed by atoms with Crippen molar-refractivity contribution in [3.63, 3.8) is 0 Å². The Kier molecular flexibility index (Phi) is 42.5. The molecule has 0 rings (SSSR count). The minimum atomic E-state index is -2.33. The van der Waals surface area contributed by atoms with Gasteiger partial charge in [-0.15, -0.1) is 0 Å². The molecule has 0 aromatic heterocycles. The Morgan fingerprint density at radius 3 is 1.06 bits per heavy atom. The van der Waals surface area contributed by atoms with Crippen LogP contribution in [0.1, 0.15) is 26.7 Å². The molecule has 96 valence electrons. The number of hydrogen-bond donors (Lipinski definition) is 0. The molecule has 0 aliphatic carbocycles. The first-order valence-corrected chi connectivity index (χ1v) is 4.39. The number of nitrogens with zero attached hydrogens (tertiary/aromatic N) is 2. The zero-order valence-corrected chi connectivity index (χ0v) is 11.1. The zero-order valence-electron chi connectivity index (χ0n) is 11.1. The Bertz CT molecular complexity index is 196. The van der Waals surface area contributed by atoms with E-state index < -0.39 is 6.16 Å². The molecule has 0 heterocycles. The maximum absolute atomic E-state index is 9.40. The van der Waals surface area contributed by atoms with Gasteiger partial charge in [-0.05, 0) is 6.16 Å². The van der Waals surface area contributed by atoms with Crippen LogP contribution in [0.3, 0.4) is 0 Å². The fraction of sp³-hybridized carbons (Fsp3) is 0.857. The van der Waals surface area contributed by atoms with E-state index in [1.807, 2.05) is 0 Å². The van der Waals surface area contributed by atoms with Gasteiger partial charge in [0, 0.05) is 22.7 Å². The normalized spacial score (nSPS) is 6.78. The molecule has 0 radical (unpaired) electrons. The van der Waals surface area contributed by atoms with Crippen LogP contribution in [0.25, 0.3) is 0 Å². The molecule has 0 unspecified atom stereocenters. The van der Waals surface area contributed by atoms with E-state index in [1.165, 1.54) is 0 Å². The number of carbonyl (C=O) groups excluding carboxylic acids is 1. The van der Waals surface area contributed by atoms with Gasteiger partial charge in [-0.3, -0.25) is 20.2 Å². The summed E-state index contributed by atoms with van der Waals surface area (Å²) >= 11 is 0. The molecule has 0 atom stereocenters. The van der Waals surface area contributed by atoms with Crippen LogP contribution >= 0.6 is 0 Å². The van der Waals surface area contributed by atoms with Crippen LogP contribution in [0.2, 0.25) is 0 Å². The van der Waals surface area contributed by atoms with Crippen LogP contribution in [0.15, 0.2) is 0 Å². The second-order valence-corrected chi connectivity index (χ2v) is 2.36. The van der Waals surface area contributed by atoms with Crippen molar-refractivity contribution >= 4 is 6.16 Å². The van der Waals surface area contributed by atoms with Crippen molar-refractivity contribution in [2.45, 2.75) is 26.7 Å². The first-order valence-electron chi connectivity index (χ1n) is 4.39. The van der Waals surface area contributed by atoms with E-state index in [0.29, 0.717) is 12.8 Å². The van der Waals surface area contributed by atoms with E-state index in [-0.39, 0.29) is 60.7 Å². The van der Waals surface area contributed by atoms with Crippen molar-refractivity contribution in [2.75, 3.05) is 13.1 Å². The van der Waals surface area contributed by atoms with Gasteiger partial charge in [-0.1, -0.05) is 13.8 Å². The van der Waals surface area contributed by atoms with Crippen LogP contribution in [0, 0.1) is 20.2 Å². The minimum Gasteiger partial charge on any atom is -0.652 e. The van der Waals surface area contributed by atoms with Gasteiger partial charge in [0.25, 0.3) is 0 Å². The summed E-state index contributed by atoms with van der Waals surface area (Å²) in [5.41, 5.74) is 0. The van der Waals surface area contributed by atoms with Crippen LogP contribution in [0.4, 0.5) is 4.79 Å². The molecule has 0 aromatic carbocycles. The quantitative estimate of drug-likeness (QED) is 0.274. The smallest absolute Gasteiger partial charge is 0.652 e. The molecule has 0 aliphatic heterocycles. The van der Waals surface area contributed by atoms with Crippen LogP contribution in [-0.2, 0) is 0 Å². The third kappa shape index (κ3) is 112. The molecule has 0 amide bonds. The van der Waals surface area contributed by atoms with E-state index in [2.05, 4.69) is 0 Å². The fourth-order valence-corrected chi connectivity index (χ4v) is 0.365. The molecule has 0 spiro atoms. The predicted molar refractivity (Wildman–Crippen MR) is 49.7 cm³/mol. The van der Waals surface area contributed by atoms with Crippen LogP contribution in [-0.4, -0.2) is 29.1 Å². The van der Waals surface area contributed by atoms with E-state index >= 15 is 0 Å². The first-order chi connectivity index (χ1) is 7.27. The zero-order chi connectivity index (χ0) is 13.6. The molecule has 9 nitrogen and oxygen atoms in total. The number of carboxylic acid groups (broad SMARTS) is 2. The Morgan fingerprint density at radius 2 is 1.06 bits per heavy atom. The first kappa shape index (κ1) is 30.4. The maximum atomic E-state index is 9.40. The molecular formula is C7H14Li2N2O7. The minimum absolute atomic E-state index is 0. The van der Waals surface area contributed by atoms with Gasteiger partial charge < -0.3 is 15.0 Å². The average molecular weight is 252 g/mol. The van der Waals surface area contributed by atoms with E-state index in [4.69, 9.17) is 15.0 Å². The predicted octanol–water partition coefficient (Wildman–Crippen LogP) is -7.09. The van der Waals surface area contributed by atoms with Crippen LogP contribution < -0.4 is 47.9 Å². The number of hydrogen-bond acceptors (Lipinski definition) is 7. The summed E-state index contributed by atoms with van der Waals surface area (Å²) in [4.78, 5) is 26.5. The molecule has 11 heteroatoms. The molecule has 0 fully saturated rings. The summed E-state index contributed by atoms with van der Waals surface area (Å²) in [5, 5.41) is 35.5. The van der Waals surface area contributed by atoms with Gasteiger partial charge in [0.05, 0.1) is 0 Å². The summed E-state index contributed by atoms with van der Waals surface area (Å²) < 4.78 is 0. The Labute approximate surface area is 129 Å². The van der Waals surface area contributed by atoms with Crippen molar-refractivity contribution in [3.8, 4) is 0 Å². The Hall–Kier alpha value is -0.735. The second kappa shape index (κ2) is 25.2. The maximum Gasteiger partial charge on any atom is 1.00 e. The van der Waals surface area contributed by atoms with Crippen molar-refractivity contribution in [1.82, 2.24) is 0 Å². The van der Waals surface area contributed by atoms with Crippen molar-refractivity contribution in [3.05, 3.63) is 20.2 Å². The summed E-state index contributed by atoms with van der Waals surface area (Å²) in [6, 6.07) is 0.